The molecule has 2 aliphatic rings. The smallest absolute Gasteiger partial charge is 0.0755 e. The number of rotatable bonds is 6. The van der Waals surface area contributed by atoms with Crippen molar-refractivity contribution in [2.45, 2.75) is 5.41 Å². The first-order valence-corrected chi connectivity index (χ1v) is 22.8. The van der Waals surface area contributed by atoms with E-state index in [1.807, 2.05) is 11.3 Å². The molecular weight excluding hydrogens is 793 g/mol. The molecule has 1 aliphatic heterocycles. The van der Waals surface area contributed by atoms with Crippen LogP contribution in [0.4, 0.5) is 34.1 Å². The Morgan fingerprint density at radius 1 is 0.359 bits per heavy atom. The molecule has 0 radical (unpaired) electrons. The van der Waals surface area contributed by atoms with E-state index in [0.717, 1.165) is 22.7 Å². The summed E-state index contributed by atoms with van der Waals surface area (Å²) in [6, 6.07) is 89.5. The van der Waals surface area contributed by atoms with E-state index in [1.54, 1.807) is 0 Å². The largest absolute Gasteiger partial charge is 0.310 e. The summed E-state index contributed by atoms with van der Waals surface area (Å²) in [6.45, 7) is 0. The molecule has 1 spiro atoms. The average molecular weight is 833 g/mol. The van der Waals surface area contributed by atoms with Gasteiger partial charge in [-0.3, -0.25) is 0 Å². The lowest BCUT2D eigenvalue weighted by atomic mass is 9.64. The highest BCUT2D eigenvalue weighted by molar-refractivity contribution is 7.26. The fraction of sp³-hybridized carbons (Fsp3) is 0.0164. The van der Waals surface area contributed by atoms with Crippen molar-refractivity contribution in [3.8, 4) is 33.4 Å². The fourth-order valence-corrected chi connectivity index (χ4v) is 12.0. The zero-order valence-corrected chi connectivity index (χ0v) is 35.7. The van der Waals surface area contributed by atoms with E-state index in [2.05, 4.69) is 252 Å². The maximum absolute atomic E-state index is 2.48. The van der Waals surface area contributed by atoms with Crippen LogP contribution in [0.15, 0.2) is 243 Å². The highest BCUT2D eigenvalue weighted by Crippen LogP contribution is 2.65. The maximum atomic E-state index is 2.48. The van der Waals surface area contributed by atoms with Crippen LogP contribution in [0, 0.1) is 0 Å². The first-order valence-electron chi connectivity index (χ1n) is 22.0. The van der Waals surface area contributed by atoms with Crippen molar-refractivity contribution in [2.24, 2.45) is 0 Å². The van der Waals surface area contributed by atoms with Crippen molar-refractivity contribution in [1.82, 2.24) is 0 Å². The molecule has 1 aromatic heterocycles. The second kappa shape index (κ2) is 14.6. The van der Waals surface area contributed by atoms with Crippen LogP contribution >= 0.6 is 11.3 Å². The van der Waals surface area contributed by atoms with Crippen molar-refractivity contribution in [3.63, 3.8) is 0 Å². The monoisotopic (exact) mass is 832 g/mol. The van der Waals surface area contributed by atoms with E-state index in [-0.39, 0.29) is 0 Å². The Kier molecular flexibility index (Phi) is 8.34. The van der Waals surface area contributed by atoms with Crippen LogP contribution in [0.5, 0.6) is 0 Å². The number of fused-ring (bicyclic) bond motifs is 12. The van der Waals surface area contributed by atoms with Gasteiger partial charge in [-0.25, -0.2) is 0 Å². The van der Waals surface area contributed by atoms with Crippen LogP contribution in [-0.2, 0) is 5.41 Å². The number of anilines is 6. The molecule has 0 atom stereocenters. The summed E-state index contributed by atoms with van der Waals surface area (Å²) < 4.78 is 2.64. The number of para-hydroxylation sites is 3. The van der Waals surface area contributed by atoms with Gasteiger partial charge in [-0.15, -0.1) is 11.3 Å². The zero-order valence-electron chi connectivity index (χ0n) is 34.9. The number of benzene rings is 10. The molecule has 0 saturated carbocycles. The Balaban J connectivity index is 1.04. The van der Waals surface area contributed by atoms with Crippen LogP contribution < -0.4 is 9.80 Å². The molecule has 2 nitrogen and oxygen atoms in total. The van der Waals surface area contributed by atoms with Gasteiger partial charge in [-0.2, -0.15) is 0 Å². The first kappa shape index (κ1) is 36.7. The lowest BCUT2D eigenvalue weighted by Crippen LogP contribution is -2.36. The molecule has 0 unspecified atom stereocenters. The molecule has 2 heterocycles. The second-order valence-corrected chi connectivity index (χ2v) is 17.8. The Morgan fingerprint density at radius 2 is 0.875 bits per heavy atom. The Labute approximate surface area is 377 Å². The van der Waals surface area contributed by atoms with Crippen LogP contribution in [0.1, 0.15) is 22.3 Å². The summed E-state index contributed by atoms with van der Waals surface area (Å²) in [7, 11) is 0. The SMILES string of the molecule is c1ccc(-c2ccc(N(c3ccc(-c4cccc5c4sc4ccccc45)cc3)c3cccc4c3-c3ccccc3C43c4ccccc4N(c4ccccc4)c4ccccc43)cc2)cc1. The topological polar surface area (TPSA) is 6.48 Å². The van der Waals surface area contributed by atoms with E-state index >= 15 is 0 Å². The van der Waals surface area contributed by atoms with E-state index in [0.29, 0.717) is 0 Å². The predicted molar refractivity (Wildman–Crippen MR) is 270 cm³/mol. The average Bonchev–Trinajstić information content (AvgIpc) is 3.90. The quantitative estimate of drug-likeness (QED) is 0.165. The minimum atomic E-state index is -0.559. The molecule has 0 amide bonds. The third-order valence-corrected chi connectivity index (χ3v) is 14.7. The number of thiophene rings is 1. The minimum absolute atomic E-state index is 0.559. The van der Waals surface area contributed by atoms with Crippen LogP contribution in [-0.4, -0.2) is 0 Å². The summed E-state index contributed by atoms with van der Waals surface area (Å²) in [6.07, 6.45) is 0. The lowest BCUT2D eigenvalue weighted by molar-refractivity contribution is 0.752. The number of nitrogens with zero attached hydrogens (tertiary/aromatic N) is 2. The lowest BCUT2D eigenvalue weighted by Gasteiger charge is -2.45. The molecule has 0 bridgehead atoms. The van der Waals surface area contributed by atoms with Crippen molar-refractivity contribution in [3.05, 3.63) is 265 Å². The van der Waals surface area contributed by atoms with Gasteiger partial charge >= 0.3 is 0 Å². The van der Waals surface area contributed by atoms with Gasteiger partial charge in [-0.05, 0) is 111 Å². The normalized spacial score (nSPS) is 13.1. The van der Waals surface area contributed by atoms with Gasteiger partial charge in [-0.1, -0.05) is 182 Å². The molecule has 3 heteroatoms. The number of hydrogen-bond donors (Lipinski definition) is 0. The molecule has 0 fully saturated rings. The Hall–Kier alpha value is -7.98. The molecule has 300 valence electrons. The van der Waals surface area contributed by atoms with E-state index in [4.69, 9.17) is 0 Å². The van der Waals surface area contributed by atoms with Crippen molar-refractivity contribution >= 4 is 65.6 Å². The third kappa shape index (κ3) is 5.38. The van der Waals surface area contributed by atoms with Crippen LogP contribution in [0.2, 0.25) is 0 Å². The van der Waals surface area contributed by atoms with Gasteiger partial charge in [0, 0.05) is 42.8 Å². The van der Waals surface area contributed by atoms with Gasteiger partial charge in [0.2, 0.25) is 0 Å². The maximum Gasteiger partial charge on any atom is 0.0755 e. The zero-order chi connectivity index (χ0) is 42.2. The summed E-state index contributed by atoms with van der Waals surface area (Å²) >= 11 is 1.88. The summed E-state index contributed by atoms with van der Waals surface area (Å²) in [5.41, 5.74) is 18.8. The standard InChI is InChI=1S/C61H40N2S/c1-3-17-41(18-4-1)42-33-37-45(38-34-42)62(46-39-35-43(36-40-46)47-23-15-24-49-48-21-8-14-32-58(48)64-60(47)49)57-31-16-28-54-59(57)50-22-7-9-25-51(50)61(54)52-26-10-12-29-55(52)63(44-19-5-2-6-20-44)56-30-13-11-27-53(56)61/h1-40H. The summed E-state index contributed by atoms with van der Waals surface area (Å²) in [4.78, 5) is 4.92. The van der Waals surface area contributed by atoms with E-state index in [9.17, 15) is 0 Å². The van der Waals surface area contributed by atoms with Crippen LogP contribution in [0.25, 0.3) is 53.6 Å². The molecule has 10 aromatic carbocycles. The minimum Gasteiger partial charge on any atom is -0.310 e. The van der Waals surface area contributed by atoms with E-state index in [1.165, 1.54) is 87.2 Å². The summed E-state index contributed by atoms with van der Waals surface area (Å²) in [5.74, 6) is 0. The van der Waals surface area contributed by atoms with Crippen molar-refractivity contribution < 1.29 is 0 Å². The van der Waals surface area contributed by atoms with E-state index < -0.39 is 5.41 Å². The molecule has 11 aromatic rings. The van der Waals surface area contributed by atoms with Crippen molar-refractivity contribution in [1.29, 1.82) is 0 Å². The van der Waals surface area contributed by atoms with Gasteiger partial charge < -0.3 is 9.80 Å². The number of hydrogen-bond acceptors (Lipinski definition) is 3. The highest BCUT2D eigenvalue weighted by Gasteiger charge is 2.52. The van der Waals surface area contributed by atoms with Gasteiger partial charge in [0.25, 0.3) is 0 Å². The fourth-order valence-electron chi connectivity index (χ4n) is 10.8. The van der Waals surface area contributed by atoms with Gasteiger partial charge in [0.1, 0.15) is 0 Å². The molecule has 13 rings (SSSR count). The van der Waals surface area contributed by atoms with Crippen LogP contribution in [0.3, 0.4) is 0 Å². The summed E-state index contributed by atoms with van der Waals surface area (Å²) in [5, 5.41) is 2.63. The first-order chi connectivity index (χ1) is 31.8. The third-order valence-electron chi connectivity index (χ3n) is 13.5. The Morgan fingerprint density at radius 3 is 1.59 bits per heavy atom. The molecule has 0 N–H and O–H groups in total. The molecular formula is C61H40N2S. The second-order valence-electron chi connectivity index (χ2n) is 16.8. The molecule has 1 aliphatic carbocycles. The van der Waals surface area contributed by atoms with Crippen molar-refractivity contribution in [2.75, 3.05) is 9.80 Å². The van der Waals surface area contributed by atoms with Gasteiger partial charge in [0.15, 0.2) is 0 Å². The van der Waals surface area contributed by atoms with Gasteiger partial charge in [0.05, 0.1) is 22.5 Å². The predicted octanol–water partition coefficient (Wildman–Crippen LogP) is 17.0. The Bertz CT molecular complexity index is 3510. The highest BCUT2D eigenvalue weighted by atomic mass is 32.1. The molecule has 64 heavy (non-hydrogen) atoms. The molecule has 0 saturated heterocycles.